The van der Waals surface area contributed by atoms with Crippen LogP contribution in [0.4, 0.5) is 15.9 Å². The van der Waals surface area contributed by atoms with Gasteiger partial charge in [0.15, 0.2) is 5.83 Å². The van der Waals surface area contributed by atoms with Crippen molar-refractivity contribution in [1.29, 1.82) is 0 Å². The van der Waals surface area contributed by atoms with Gasteiger partial charge in [0.25, 0.3) is 5.91 Å². The summed E-state index contributed by atoms with van der Waals surface area (Å²) in [5.41, 5.74) is 2.66. The lowest BCUT2D eigenvalue weighted by Gasteiger charge is -2.42. The summed E-state index contributed by atoms with van der Waals surface area (Å²) in [5.74, 6) is -1.06. The molecule has 2 aliphatic heterocycles. The van der Waals surface area contributed by atoms with E-state index in [1.807, 2.05) is 18.2 Å². The van der Waals surface area contributed by atoms with Gasteiger partial charge in [0.1, 0.15) is 11.9 Å². The van der Waals surface area contributed by atoms with E-state index >= 15 is 0 Å². The third kappa shape index (κ3) is 6.29. The van der Waals surface area contributed by atoms with Crippen LogP contribution in [0.2, 0.25) is 10.0 Å². The van der Waals surface area contributed by atoms with E-state index in [0.29, 0.717) is 48.7 Å². The van der Waals surface area contributed by atoms with Gasteiger partial charge >= 0.3 is 6.01 Å². The summed E-state index contributed by atoms with van der Waals surface area (Å²) in [6.45, 7) is 15.7. The van der Waals surface area contributed by atoms with E-state index in [2.05, 4.69) is 47.1 Å². The molecule has 2 fully saturated rings. The standard InChI is InChI=1S/C30H36Cl2FN7O2/c1-19-13-22-25(16-40(19)26-23(31)7-6-8-24(26)32)35-29(42-18-30(9-10-30)17-37(4)5)36-27(22)38-11-12-39(28(41)20(2)33)21(15-38)14-34-3/h6-8,19,21H,2,9-18H2,1,4-5H3/t19-,21-/m0/s1. The highest BCUT2D eigenvalue weighted by Crippen LogP contribution is 2.46. The number of carbonyl (C=O) groups excluding carboxylic acids is 1. The Balaban J connectivity index is 1.49. The molecule has 3 heterocycles. The van der Waals surface area contributed by atoms with Gasteiger partial charge in [0.05, 0.1) is 34.6 Å². The van der Waals surface area contributed by atoms with Crippen molar-refractivity contribution in [2.75, 3.05) is 63.2 Å². The van der Waals surface area contributed by atoms with Gasteiger partial charge in [0, 0.05) is 43.2 Å². The first-order valence-electron chi connectivity index (χ1n) is 14.1. The number of piperazine rings is 1. The maximum atomic E-state index is 13.8. The van der Waals surface area contributed by atoms with Crippen molar-refractivity contribution in [2.45, 2.75) is 44.8 Å². The van der Waals surface area contributed by atoms with Crippen LogP contribution in [0, 0.1) is 12.0 Å². The van der Waals surface area contributed by atoms with Crippen molar-refractivity contribution >= 4 is 40.6 Å². The predicted octanol–water partition coefficient (Wildman–Crippen LogP) is 4.87. The van der Waals surface area contributed by atoms with Crippen molar-refractivity contribution in [3.63, 3.8) is 0 Å². The third-order valence-electron chi connectivity index (χ3n) is 8.32. The zero-order valence-corrected chi connectivity index (χ0v) is 25.8. The van der Waals surface area contributed by atoms with Gasteiger partial charge in [-0.2, -0.15) is 9.97 Å². The normalized spacial score (nSPS) is 21.1. The van der Waals surface area contributed by atoms with E-state index < -0.39 is 17.8 Å². The van der Waals surface area contributed by atoms with Crippen LogP contribution in [-0.4, -0.2) is 91.2 Å². The molecule has 0 N–H and O–H groups in total. The number of halogens is 3. The summed E-state index contributed by atoms with van der Waals surface area (Å²) in [4.78, 5) is 33.7. The van der Waals surface area contributed by atoms with Gasteiger partial charge in [-0.25, -0.2) is 11.0 Å². The minimum absolute atomic E-state index is 0.0376. The maximum absolute atomic E-state index is 13.8. The predicted molar refractivity (Wildman–Crippen MR) is 163 cm³/mol. The van der Waals surface area contributed by atoms with Gasteiger partial charge in [-0.1, -0.05) is 35.8 Å². The SMILES string of the molecule is [C-]#[N+]C[C@H]1CN(c2nc(OCC3(CN(C)C)CC3)nc3c2C[C@H](C)N(c2c(Cl)cccc2Cl)C3)CCN1C(=O)C(=C)F. The first-order chi connectivity index (χ1) is 20.0. The van der Waals surface area contributed by atoms with Crippen LogP contribution < -0.4 is 14.5 Å². The molecule has 0 unspecified atom stereocenters. The van der Waals surface area contributed by atoms with Crippen LogP contribution in [0.25, 0.3) is 4.85 Å². The number of ether oxygens (including phenoxy) is 1. The summed E-state index contributed by atoms with van der Waals surface area (Å²) < 4.78 is 20.1. The molecular formula is C30H36Cl2FN7O2. The summed E-state index contributed by atoms with van der Waals surface area (Å²) in [5, 5.41) is 1.14. The number of anilines is 2. The average Bonchev–Trinajstić information content (AvgIpc) is 3.70. The van der Waals surface area contributed by atoms with E-state index in [9.17, 15) is 9.18 Å². The molecule has 1 aliphatic carbocycles. The molecular weight excluding hydrogens is 580 g/mol. The van der Waals surface area contributed by atoms with Crippen molar-refractivity contribution in [3.05, 3.63) is 63.3 Å². The lowest BCUT2D eigenvalue weighted by Crippen LogP contribution is -2.57. The van der Waals surface area contributed by atoms with E-state index in [-0.39, 0.29) is 24.5 Å². The second-order valence-electron chi connectivity index (χ2n) is 11.9. The van der Waals surface area contributed by atoms with Gasteiger partial charge in [-0.15, -0.1) is 0 Å². The first kappa shape index (κ1) is 30.3. The van der Waals surface area contributed by atoms with Crippen LogP contribution in [-0.2, 0) is 17.8 Å². The third-order valence-corrected chi connectivity index (χ3v) is 8.93. The second kappa shape index (κ2) is 12.2. The molecule has 1 aromatic carbocycles. The average molecular weight is 617 g/mol. The molecule has 0 radical (unpaired) electrons. The Labute approximate surface area is 256 Å². The monoisotopic (exact) mass is 615 g/mol. The molecule has 12 heteroatoms. The van der Waals surface area contributed by atoms with Gasteiger partial charge in [0.2, 0.25) is 6.54 Å². The zero-order valence-electron chi connectivity index (χ0n) is 24.2. The number of hydrogen-bond acceptors (Lipinski definition) is 7. The quantitative estimate of drug-likeness (QED) is 0.294. The summed E-state index contributed by atoms with van der Waals surface area (Å²) >= 11 is 13.2. The zero-order chi connectivity index (χ0) is 30.2. The Bertz CT molecular complexity index is 1390. The molecule has 42 heavy (non-hydrogen) atoms. The Morgan fingerprint density at radius 1 is 1.26 bits per heavy atom. The molecule has 1 aromatic heterocycles. The highest BCUT2D eigenvalue weighted by Gasteiger charge is 2.44. The fourth-order valence-electron chi connectivity index (χ4n) is 6.09. The van der Waals surface area contributed by atoms with Crippen LogP contribution in [0.5, 0.6) is 6.01 Å². The number of rotatable bonds is 9. The van der Waals surface area contributed by atoms with Crippen molar-refractivity contribution in [3.8, 4) is 6.01 Å². The fourth-order valence-corrected chi connectivity index (χ4v) is 6.71. The Kier molecular flexibility index (Phi) is 8.83. The molecule has 0 spiro atoms. The first-order valence-corrected chi connectivity index (χ1v) is 14.9. The van der Waals surface area contributed by atoms with E-state index in [1.54, 1.807) is 0 Å². The molecule has 224 valence electrons. The second-order valence-corrected chi connectivity index (χ2v) is 12.7. The number of nitrogens with zero attached hydrogens (tertiary/aromatic N) is 7. The van der Waals surface area contributed by atoms with Gasteiger partial charge in [-0.3, -0.25) is 4.79 Å². The number of carbonyl (C=O) groups is 1. The van der Waals surface area contributed by atoms with Crippen LogP contribution in [0.15, 0.2) is 30.6 Å². The lowest BCUT2D eigenvalue weighted by molar-refractivity contribution is -0.131. The van der Waals surface area contributed by atoms with E-state index in [4.69, 9.17) is 44.5 Å². The van der Waals surface area contributed by atoms with Crippen molar-refractivity contribution < 1.29 is 13.9 Å². The molecule has 0 bridgehead atoms. The number of fused-ring (bicyclic) bond motifs is 1. The van der Waals surface area contributed by atoms with Gasteiger partial charge < -0.3 is 29.2 Å². The van der Waals surface area contributed by atoms with E-state index in [0.717, 1.165) is 42.1 Å². The molecule has 1 saturated carbocycles. The van der Waals surface area contributed by atoms with Gasteiger partial charge in [-0.05, 0) is 52.4 Å². The lowest BCUT2D eigenvalue weighted by atomic mass is 9.97. The van der Waals surface area contributed by atoms with Crippen LogP contribution in [0.3, 0.4) is 0 Å². The largest absolute Gasteiger partial charge is 0.463 e. The van der Waals surface area contributed by atoms with Crippen molar-refractivity contribution in [2.24, 2.45) is 5.41 Å². The fraction of sp³-hybridized carbons (Fsp3) is 0.533. The molecule has 3 aliphatic rings. The molecule has 2 atom stereocenters. The van der Waals surface area contributed by atoms with Crippen LogP contribution in [0.1, 0.15) is 31.0 Å². The molecule has 1 amide bonds. The molecule has 9 nitrogen and oxygen atoms in total. The number of hydrogen-bond donors (Lipinski definition) is 0. The number of aromatic nitrogens is 2. The summed E-state index contributed by atoms with van der Waals surface area (Å²) in [6, 6.07) is 5.32. The summed E-state index contributed by atoms with van der Waals surface area (Å²) in [6.07, 6.45) is 2.81. The summed E-state index contributed by atoms with van der Waals surface area (Å²) in [7, 11) is 4.12. The highest BCUT2D eigenvalue weighted by molar-refractivity contribution is 6.39. The Hall–Kier alpha value is -3.13. The maximum Gasteiger partial charge on any atom is 0.318 e. The molecule has 1 saturated heterocycles. The smallest absolute Gasteiger partial charge is 0.318 e. The number of para-hydroxylation sites is 1. The molecule has 5 rings (SSSR count). The highest BCUT2D eigenvalue weighted by atomic mass is 35.5. The van der Waals surface area contributed by atoms with E-state index in [1.165, 1.54) is 4.90 Å². The topological polar surface area (TPSA) is 69.4 Å². The van der Waals surface area contributed by atoms with Crippen molar-refractivity contribution in [1.82, 2.24) is 19.8 Å². The number of amides is 1. The van der Waals surface area contributed by atoms with Crippen LogP contribution >= 0.6 is 23.2 Å². The minimum atomic E-state index is -1.02. The minimum Gasteiger partial charge on any atom is -0.463 e. The molecule has 2 aromatic rings. The Morgan fingerprint density at radius 3 is 2.60 bits per heavy atom. The Morgan fingerprint density at radius 2 is 1.98 bits per heavy atom. The number of benzene rings is 1.